The molecule has 0 aliphatic carbocycles. The molecule has 0 spiro atoms. The predicted octanol–water partition coefficient (Wildman–Crippen LogP) is 7.25. The normalized spacial score (nSPS) is 20.6. The van der Waals surface area contributed by atoms with E-state index in [1.54, 1.807) is 36.4 Å². The summed E-state index contributed by atoms with van der Waals surface area (Å²) in [5.74, 6) is -3.72. The molecule has 7 atom stereocenters. The molecule has 15 heteroatoms. The van der Waals surface area contributed by atoms with Crippen LogP contribution >= 0.6 is 0 Å². The van der Waals surface area contributed by atoms with E-state index in [2.05, 4.69) is 16.9 Å². The smallest absolute Gasteiger partial charge is 0.338 e. The Balaban J connectivity index is 2.25. The number of benzene rings is 1. The van der Waals surface area contributed by atoms with Crippen LogP contribution in [0.4, 0.5) is 0 Å². The molecule has 1 aliphatic rings. The van der Waals surface area contributed by atoms with E-state index >= 15 is 0 Å². The molecule has 1 fully saturated rings. The first-order valence-electron chi connectivity index (χ1n) is 18.9. The summed E-state index contributed by atoms with van der Waals surface area (Å²) in [6.07, 6.45) is 9.26. The van der Waals surface area contributed by atoms with Gasteiger partial charge in [-0.25, -0.2) is 4.79 Å². The summed E-state index contributed by atoms with van der Waals surface area (Å²) in [4.78, 5) is 64.3. The summed E-state index contributed by atoms with van der Waals surface area (Å²) in [5, 5.41) is 3.86. The average Bonchev–Trinajstić information content (AvgIpc) is 3.12. The van der Waals surface area contributed by atoms with Gasteiger partial charge < -0.3 is 33.2 Å². The van der Waals surface area contributed by atoms with Crippen LogP contribution in [-0.2, 0) is 52.3 Å². The fourth-order valence-electron chi connectivity index (χ4n) is 5.95. The summed E-state index contributed by atoms with van der Waals surface area (Å²) >= 11 is 0. The maximum atomic E-state index is 13.2. The van der Waals surface area contributed by atoms with Crippen LogP contribution in [0.5, 0.6) is 0 Å². The second-order valence-corrected chi connectivity index (χ2v) is 13.2. The van der Waals surface area contributed by atoms with E-state index in [4.69, 9.17) is 33.2 Å². The van der Waals surface area contributed by atoms with E-state index in [1.807, 2.05) is 6.08 Å². The van der Waals surface area contributed by atoms with Gasteiger partial charge in [-0.1, -0.05) is 101 Å². The number of carbonyl (C=O) groups is 5. The van der Waals surface area contributed by atoms with E-state index in [-0.39, 0.29) is 5.56 Å². The zero-order valence-electron chi connectivity index (χ0n) is 32.2. The predicted molar refractivity (Wildman–Crippen MR) is 197 cm³/mol. The first kappa shape index (κ1) is 45.7. The highest BCUT2D eigenvalue weighted by molar-refractivity contribution is 5.89. The quantitative estimate of drug-likeness (QED) is 0.0184. The van der Waals surface area contributed by atoms with Crippen LogP contribution in [-0.4, -0.2) is 85.9 Å². The number of ether oxygens (including phenoxy) is 7. The lowest BCUT2D eigenvalue weighted by atomic mass is 9.98. The number of esters is 5. The zero-order valence-corrected chi connectivity index (χ0v) is 32.2. The Kier molecular flexibility index (Phi) is 22.3. The van der Waals surface area contributed by atoms with Gasteiger partial charge in [0.1, 0.15) is 24.9 Å². The fourth-order valence-corrected chi connectivity index (χ4v) is 5.95. The molecule has 0 amide bonds. The average molecular weight is 760 g/mol. The van der Waals surface area contributed by atoms with Gasteiger partial charge in [0.05, 0.1) is 12.2 Å². The molecule has 1 aromatic carbocycles. The van der Waals surface area contributed by atoms with E-state index in [9.17, 15) is 29.5 Å². The van der Waals surface area contributed by atoms with Gasteiger partial charge in [0, 0.05) is 32.6 Å². The molecular weight excluding hydrogens is 702 g/mol. The Morgan fingerprint density at radius 3 is 1.89 bits per heavy atom. The molecule has 0 N–H and O–H groups in total. The van der Waals surface area contributed by atoms with Gasteiger partial charge in [-0.05, 0) is 36.6 Å². The molecule has 15 nitrogen and oxygen atoms in total. The number of allylic oxidation sites excluding steroid dienone is 1. The summed E-state index contributed by atoms with van der Waals surface area (Å²) in [6, 6.07) is 7.16. The standard InChI is InChI=1S/C39H57N3O12/c1-6-7-8-9-10-11-12-13-14-15-16-17-21-24-33(53-38(47)31-22-19-18-20-23-31)32(41-42-40)25-49-39-37(52-30(5)46)36(51-29(4)45)35(50-28(3)44)34(54-39)26-48-27(2)43/h18-24,32-37,39H,6-17,25-26H2,1-5H3/t32-,33+,34+,35+,36-,37+,39-/m0/s1. The first-order chi connectivity index (χ1) is 26.0. The van der Waals surface area contributed by atoms with Gasteiger partial charge in [0.25, 0.3) is 0 Å². The van der Waals surface area contributed by atoms with Gasteiger partial charge in [0.15, 0.2) is 24.6 Å². The van der Waals surface area contributed by atoms with E-state index in [0.717, 1.165) is 47.0 Å². The topological polar surface area (TPSA) is 199 Å². The third kappa shape index (κ3) is 18.0. The molecule has 300 valence electrons. The number of nitrogens with zero attached hydrogens (tertiary/aromatic N) is 3. The lowest BCUT2D eigenvalue weighted by molar-refractivity contribution is -0.309. The Labute approximate surface area is 318 Å². The molecule has 1 aliphatic heterocycles. The van der Waals surface area contributed by atoms with Crippen molar-refractivity contribution < 1.29 is 57.1 Å². The van der Waals surface area contributed by atoms with E-state index in [1.165, 1.54) is 51.4 Å². The van der Waals surface area contributed by atoms with E-state index < -0.39 is 85.9 Å². The van der Waals surface area contributed by atoms with Crippen molar-refractivity contribution in [2.75, 3.05) is 13.2 Å². The van der Waals surface area contributed by atoms with Crippen molar-refractivity contribution in [1.82, 2.24) is 0 Å². The number of azide groups is 1. The number of carbonyl (C=O) groups excluding carboxylic acids is 5. The number of rotatable bonds is 25. The Hall–Kier alpha value is -4.46. The third-order valence-corrected chi connectivity index (χ3v) is 8.51. The van der Waals surface area contributed by atoms with Gasteiger partial charge in [-0.2, -0.15) is 0 Å². The molecule has 0 unspecified atom stereocenters. The summed E-state index contributed by atoms with van der Waals surface area (Å²) in [7, 11) is 0. The Bertz CT molecular complexity index is 1380. The molecule has 2 rings (SSSR count). The van der Waals surface area contributed by atoms with Crippen molar-refractivity contribution in [3.05, 3.63) is 58.5 Å². The molecule has 0 bridgehead atoms. The van der Waals surface area contributed by atoms with Crippen LogP contribution < -0.4 is 0 Å². The van der Waals surface area contributed by atoms with Crippen LogP contribution in [0.25, 0.3) is 10.4 Å². The van der Waals surface area contributed by atoms with Crippen molar-refractivity contribution in [3.8, 4) is 0 Å². The molecule has 1 aromatic rings. The fraction of sp³-hybridized carbons (Fsp3) is 0.667. The molecule has 1 heterocycles. The third-order valence-electron chi connectivity index (χ3n) is 8.51. The Morgan fingerprint density at radius 2 is 1.33 bits per heavy atom. The van der Waals surface area contributed by atoms with Crippen LogP contribution in [0.1, 0.15) is 122 Å². The van der Waals surface area contributed by atoms with E-state index in [0.29, 0.717) is 6.42 Å². The van der Waals surface area contributed by atoms with Gasteiger partial charge in [-0.15, -0.1) is 0 Å². The number of unbranched alkanes of at least 4 members (excludes halogenated alkanes) is 11. The largest absolute Gasteiger partial charge is 0.463 e. The molecule has 54 heavy (non-hydrogen) atoms. The minimum absolute atomic E-state index is 0.279. The van der Waals surface area contributed by atoms with Crippen molar-refractivity contribution in [1.29, 1.82) is 0 Å². The van der Waals surface area contributed by atoms with Gasteiger partial charge in [-0.3, -0.25) is 19.2 Å². The minimum Gasteiger partial charge on any atom is -0.463 e. The first-order valence-corrected chi connectivity index (χ1v) is 18.9. The minimum atomic E-state index is -1.52. The number of hydrogen-bond acceptors (Lipinski definition) is 13. The second-order valence-electron chi connectivity index (χ2n) is 13.2. The van der Waals surface area contributed by atoms with Crippen LogP contribution in [0.15, 0.2) is 47.6 Å². The van der Waals surface area contributed by atoms with Crippen molar-refractivity contribution >= 4 is 29.8 Å². The summed E-state index contributed by atoms with van der Waals surface area (Å²) in [6.45, 7) is 5.82. The van der Waals surface area contributed by atoms with Crippen LogP contribution in [0.3, 0.4) is 0 Å². The maximum Gasteiger partial charge on any atom is 0.338 e. The van der Waals surface area contributed by atoms with Crippen molar-refractivity contribution in [2.24, 2.45) is 5.11 Å². The SMILES string of the molecule is CCCCCCCCCCCCCC=C[C@@H](OC(=O)c1ccccc1)[C@H](CO[C@H]1O[C@H](COC(C)=O)[C@@H](OC(C)=O)[C@H](OC(C)=O)[C@H]1OC(C)=O)N=[N+]=[N-]. The maximum absolute atomic E-state index is 13.2. The van der Waals surface area contributed by atoms with Crippen LogP contribution in [0, 0.1) is 0 Å². The Morgan fingerprint density at radius 1 is 0.778 bits per heavy atom. The monoisotopic (exact) mass is 759 g/mol. The van der Waals surface area contributed by atoms with Gasteiger partial charge >= 0.3 is 29.8 Å². The zero-order chi connectivity index (χ0) is 39.7. The molecule has 1 saturated heterocycles. The lowest BCUT2D eigenvalue weighted by Crippen LogP contribution is -2.63. The van der Waals surface area contributed by atoms with Crippen LogP contribution in [0.2, 0.25) is 0 Å². The lowest BCUT2D eigenvalue weighted by Gasteiger charge is -2.44. The highest BCUT2D eigenvalue weighted by atomic mass is 16.7. The highest BCUT2D eigenvalue weighted by Crippen LogP contribution is 2.30. The second kappa shape index (κ2) is 26.3. The number of hydrogen-bond donors (Lipinski definition) is 0. The molecular formula is C39H57N3O12. The van der Waals surface area contributed by atoms with Crippen molar-refractivity contribution in [2.45, 2.75) is 155 Å². The molecule has 0 radical (unpaired) electrons. The molecule has 0 saturated carbocycles. The summed E-state index contributed by atoms with van der Waals surface area (Å²) in [5.41, 5.74) is 9.81. The summed E-state index contributed by atoms with van der Waals surface area (Å²) < 4.78 is 39.3. The molecule has 0 aromatic heterocycles. The van der Waals surface area contributed by atoms with Crippen molar-refractivity contribution in [3.63, 3.8) is 0 Å². The van der Waals surface area contributed by atoms with Gasteiger partial charge in [0.2, 0.25) is 0 Å². The highest BCUT2D eigenvalue weighted by Gasteiger charge is 2.53.